The Bertz CT molecular complexity index is 549. The van der Waals surface area contributed by atoms with Gasteiger partial charge in [0.15, 0.2) is 0 Å². The van der Waals surface area contributed by atoms with Crippen LogP contribution in [-0.4, -0.2) is 16.3 Å². The molecule has 1 aromatic carbocycles. The molecule has 0 aliphatic rings. The van der Waals surface area contributed by atoms with Crippen LogP contribution in [-0.2, 0) is 20.0 Å². The number of rotatable bonds is 5. The van der Waals surface area contributed by atoms with Gasteiger partial charge in [-0.05, 0) is 37.6 Å². The van der Waals surface area contributed by atoms with Crippen molar-refractivity contribution in [1.82, 2.24) is 15.1 Å². The number of aryl methyl sites for hydroxylation is 2. The second-order valence-electron chi connectivity index (χ2n) is 4.53. The molecule has 0 spiro atoms. The Morgan fingerprint density at radius 3 is 2.58 bits per heavy atom. The fourth-order valence-corrected chi connectivity index (χ4v) is 2.21. The van der Waals surface area contributed by atoms with Gasteiger partial charge in [0, 0.05) is 19.2 Å². The summed E-state index contributed by atoms with van der Waals surface area (Å²) in [7, 11) is 1.83. The Balaban J connectivity index is 1.82. The zero-order chi connectivity index (χ0) is 13.8. The van der Waals surface area contributed by atoms with Crippen LogP contribution in [0.2, 0.25) is 5.15 Å². The summed E-state index contributed by atoms with van der Waals surface area (Å²) in [5.41, 5.74) is 3.09. The minimum Gasteiger partial charge on any atom is -0.312 e. The van der Waals surface area contributed by atoms with Crippen LogP contribution in [0.5, 0.6) is 0 Å². The van der Waals surface area contributed by atoms with E-state index in [9.17, 15) is 4.39 Å². The Hall–Kier alpha value is -1.39. The van der Waals surface area contributed by atoms with E-state index in [1.807, 2.05) is 14.0 Å². The fraction of sp³-hybridized carbons (Fsp3) is 0.357. The molecular weight excluding hydrogens is 265 g/mol. The molecule has 0 unspecified atom stereocenters. The van der Waals surface area contributed by atoms with E-state index in [0.717, 1.165) is 29.8 Å². The first kappa shape index (κ1) is 14.0. The summed E-state index contributed by atoms with van der Waals surface area (Å²) in [5, 5.41) is 8.26. The van der Waals surface area contributed by atoms with E-state index in [1.54, 1.807) is 16.8 Å². The predicted molar refractivity (Wildman–Crippen MR) is 74.8 cm³/mol. The maximum Gasteiger partial charge on any atom is 0.131 e. The van der Waals surface area contributed by atoms with Crippen LogP contribution in [0.1, 0.15) is 16.8 Å². The molecule has 0 aliphatic heterocycles. The van der Waals surface area contributed by atoms with Gasteiger partial charge in [0.2, 0.25) is 0 Å². The summed E-state index contributed by atoms with van der Waals surface area (Å²) < 4.78 is 14.4. The smallest absolute Gasteiger partial charge is 0.131 e. The Morgan fingerprint density at radius 2 is 2.00 bits per heavy atom. The monoisotopic (exact) mass is 281 g/mol. The molecule has 0 saturated heterocycles. The van der Waals surface area contributed by atoms with Crippen molar-refractivity contribution < 1.29 is 4.39 Å². The highest BCUT2D eigenvalue weighted by Crippen LogP contribution is 2.17. The zero-order valence-corrected chi connectivity index (χ0v) is 11.8. The molecule has 3 nitrogen and oxygen atoms in total. The quantitative estimate of drug-likeness (QED) is 0.854. The summed E-state index contributed by atoms with van der Waals surface area (Å²) in [5.74, 6) is -0.200. The Labute approximate surface area is 117 Å². The summed E-state index contributed by atoms with van der Waals surface area (Å²) in [6, 6.07) is 6.58. The van der Waals surface area contributed by atoms with Crippen molar-refractivity contribution >= 4 is 11.6 Å². The maximum atomic E-state index is 12.7. The van der Waals surface area contributed by atoms with Crippen LogP contribution in [0.3, 0.4) is 0 Å². The molecule has 0 bridgehead atoms. The average molecular weight is 282 g/mol. The molecule has 2 rings (SSSR count). The van der Waals surface area contributed by atoms with Crippen molar-refractivity contribution in [2.75, 3.05) is 6.54 Å². The molecule has 1 aromatic heterocycles. The topological polar surface area (TPSA) is 29.9 Å². The lowest BCUT2D eigenvalue weighted by Crippen LogP contribution is -2.17. The first-order valence-electron chi connectivity index (χ1n) is 6.21. The van der Waals surface area contributed by atoms with Crippen LogP contribution in [0.25, 0.3) is 0 Å². The zero-order valence-electron chi connectivity index (χ0n) is 11.1. The van der Waals surface area contributed by atoms with E-state index in [0.29, 0.717) is 11.7 Å². The number of nitrogens with one attached hydrogen (secondary N) is 1. The van der Waals surface area contributed by atoms with E-state index < -0.39 is 0 Å². The van der Waals surface area contributed by atoms with Gasteiger partial charge in [0.25, 0.3) is 0 Å². The average Bonchev–Trinajstić information content (AvgIpc) is 2.62. The number of benzene rings is 1. The third kappa shape index (κ3) is 3.55. The van der Waals surface area contributed by atoms with E-state index in [-0.39, 0.29) is 5.82 Å². The lowest BCUT2D eigenvalue weighted by Gasteiger charge is -2.05. The van der Waals surface area contributed by atoms with Crippen LogP contribution >= 0.6 is 11.6 Å². The van der Waals surface area contributed by atoms with Crippen molar-refractivity contribution in [3.63, 3.8) is 0 Å². The van der Waals surface area contributed by atoms with Crippen molar-refractivity contribution in [3.05, 3.63) is 52.1 Å². The molecule has 0 saturated carbocycles. The van der Waals surface area contributed by atoms with Crippen molar-refractivity contribution in [2.24, 2.45) is 7.05 Å². The molecule has 102 valence electrons. The van der Waals surface area contributed by atoms with E-state index in [2.05, 4.69) is 10.4 Å². The molecule has 0 radical (unpaired) electrons. The molecular formula is C14H17ClFN3. The van der Waals surface area contributed by atoms with Crippen molar-refractivity contribution in [2.45, 2.75) is 19.9 Å². The van der Waals surface area contributed by atoms with E-state index >= 15 is 0 Å². The molecule has 1 heterocycles. The van der Waals surface area contributed by atoms with E-state index in [4.69, 9.17) is 11.6 Å². The summed E-state index contributed by atoms with van der Waals surface area (Å²) >= 11 is 6.15. The number of nitrogens with zero attached hydrogens (tertiary/aromatic N) is 2. The standard InChI is InChI=1S/C14H17ClFN3/c1-10-13(14(15)19(2)18-10)9-17-8-7-11-3-5-12(16)6-4-11/h3-6,17H,7-9H2,1-2H3. The first-order chi connectivity index (χ1) is 9.08. The van der Waals surface area contributed by atoms with Crippen LogP contribution in [0.4, 0.5) is 4.39 Å². The van der Waals surface area contributed by atoms with Gasteiger partial charge in [-0.3, -0.25) is 4.68 Å². The largest absolute Gasteiger partial charge is 0.312 e. The molecule has 0 amide bonds. The lowest BCUT2D eigenvalue weighted by molar-refractivity contribution is 0.626. The molecule has 1 N–H and O–H groups in total. The predicted octanol–water partition coefficient (Wildman–Crippen LogP) is 2.85. The number of hydrogen-bond donors (Lipinski definition) is 1. The van der Waals surface area contributed by atoms with Crippen LogP contribution in [0.15, 0.2) is 24.3 Å². The number of hydrogen-bond acceptors (Lipinski definition) is 2. The molecule has 0 aliphatic carbocycles. The molecule has 5 heteroatoms. The summed E-state index contributed by atoms with van der Waals surface area (Å²) in [6.07, 6.45) is 0.858. The van der Waals surface area contributed by atoms with Gasteiger partial charge in [-0.2, -0.15) is 5.10 Å². The first-order valence-corrected chi connectivity index (χ1v) is 6.59. The molecule has 0 atom stereocenters. The second-order valence-corrected chi connectivity index (χ2v) is 4.89. The highest BCUT2D eigenvalue weighted by Gasteiger charge is 2.09. The van der Waals surface area contributed by atoms with Gasteiger partial charge in [-0.25, -0.2) is 4.39 Å². The van der Waals surface area contributed by atoms with E-state index in [1.165, 1.54) is 12.1 Å². The minimum atomic E-state index is -0.200. The highest BCUT2D eigenvalue weighted by molar-refractivity contribution is 6.30. The Kier molecular flexibility index (Phi) is 4.56. The van der Waals surface area contributed by atoms with Crippen molar-refractivity contribution in [1.29, 1.82) is 0 Å². The third-order valence-electron chi connectivity index (χ3n) is 3.08. The molecule has 19 heavy (non-hydrogen) atoms. The highest BCUT2D eigenvalue weighted by atomic mass is 35.5. The van der Waals surface area contributed by atoms with Crippen LogP contribution < -0.4 is 5.32 Å². The fourth-order valence-electron chi connectivity index (χ4n) is 1.97. The minimum absolute atomic E-state index is 0.200. The van der Waals surface area contributed by atoms with Gasteiger partial charge in [-0.15, -0.1) is 0 Å². The van der Waals surface area contributed by atoms with Crippen LogP contribution in [0, 0.1) is 12.7 Å². The van der Waals surface area contributed by atoms with Gasteiger partial charge >= 0.3 is 0 Å². The summed E-state index contributed by atoms with van der Waals surface area (Å²) in [4.78, 5) is 0. The normalized spacial score (nSPS) is 10.9. The van der Waals surface area contributed by atoms with Crippen molar-refractivity contribution in [3.8, 4) is 0 Å². The number of halogens is 2. The second kappa shape index (κ2) is 6.17. The molecule has 2 aromatic rings. The lowest BCUT2D eigenvalue weighted by atomic mass is 10.1. The Morgan fingerprint density at radius 1 is 1.32 bits per heavy atom. The SMILES string of the molecule is Cc1nn(C)c(Cl)c1CNCCc1ccc(F)cc1. The maximum absolute atomic E-state index is 12.7. The van der Waals surface area contributed by atoms with Gasteiger partial charge in [0.05, 0.1) is 5.69 Å². The third-order valence-corrected chi connectivity index (χ3v) is 3.55. The van der Waals surface area contributed by atoms with Gasteiger partial charge < -0.3 is 5.32 Å². The summed E-state index contributed by atoms with van der Waals surface area (Å²) in [6.45, 7) is 3.46. The van der Waals surface area contributed by atoms with Gasteiger partial charge in [-0.1, -0.05) is 23.7 Å². The molecule has 0 fully saturated rings. The van der Waals surface area contributed by atoms with Gasteiger partial charge in [0.1, 0.15) is 11.0 Å². The number of aromatic nitrogens is 2.